The van der Waals surface area contributed by atoms with Crippen LogP contribution < -0.4 is 0 Å². The minimum atomic E-state index is 0.746. The number of nitrogens with zero attached hydrogens (tertiary/aromatic N) is 1. The average molecular weight is 506 g/mol. The number of para-hydroxylation sites is 2. The summed E-state index contributed by atoms with van der Waals surface area (Å²) >= 11 is 6.21. The standard InChI is InChI=1S/C36H24ClN/c37-29-23-21-28(22-24-29)31-13-8-16-35-36(31)32-12-5-7-15-34(32)38(35)33-14-6-4-11-30(33)27-19-17-26(18-20-27)25-9-2-1-3-10-25/h1-24H. The van der Waals surface area contributed by atoms with Crippen molar-refractivity contribution >= 4 is 33.4 Å². The van der Waals surface area contributed by atoms with Crippen molar-refractivity contribution in [2.24, 2.45) is 0 Å². The van der Waals surface area contributed by atoms with Gasteiger partial charge in [0.2, 0.25) is 0 Å². The van der Waals surface area contributed by atoms with Gasteiger partial charge in [0.05, 0.1) is 16.7 Å². The lowest BCUT2D eigenvalue weighted by Crippen LogP contribution is -1.97. The van der Waals surface area contributed by atoms with E-state index in [2.05, 4.69) is 138 Å². The molecule has 0 unspecified atom stereocenters. The third kappa shape index (κ3) is 3.80. The molecule has 0 saturated carbocycles. The maximum absolute atomic E-state index is 6.21. The number of aromatic nitrogens is 1. The lowest BCUT2D eigenvalue weighted by atomic mass is 9.99. The molecular formula is C36H24ClN. The lowest BCUT2D eigenvalue weighted by molar-refractivity contribution is 1.18. The monoisotopic (exact) mass is 505 g/mol. The Balaban J connectivity index is 1.45. The molecule has 7 rings (SSSR count). The SMILES string of the molecule is Clc1ccc(-c2cccc3c2c2ccccc2n3-c2ccccc2-c2ccc(-c3ccccc3)cc2)cc1. The summed E-state index contributed by atoms with van der Waals surface area (Å²) in [6.07, 6.45) is 0. The Morgan fingerprint density at radius 3 is 1.76 bits per heavy atom. The molecule has 0 aliphatic heterocycles. The molecule has 7 aromatic rings. The summed E-state index contributed by atoms with van der Waals surface area (Å²) in [5.41, 5.74) is 10.8. The van der Waals surface area contributed by atoms with Crippen molar-refractivity contribution in [1.82, 2.24) is 4.57 Å². The third-order valence-corrected chi connectivity index (χ3v) is 7.55. The second-order valence-corrected chi connectivity index (χ2v) is 9.96. The van der Waals surface area contributed by atoms with Gasteiger partial charge >= 0.3 is 0 Å². The van der Waals surface area contributed by atoms with E-state index in [0.717, 1.165) is 10.6 Å². The van der Waals surface area contributed by atoms with Crippen LogP contribution in [0.3, 0.4) is 0 Å². The quantitative estimate of drug-likeness (QED) is 0.224. The first-order chi connectivity index (χ1) is 18.8. The van der Waals surface area contributed by atoms with Gasteiger partial charge in [0.1, 0.15) is 0 Å². The van der Waals surface area contributed by atoms with Crippen LogP contribution in [0.1, 0.15) is 0 Å². The van der Waals surface area contributed by atoms with Crippen molar-refractivity contribution in [2.45, 2.75) is 0 Å². The highest BCUT2D eigenvalue weighted by molar-refractivity contribution is 6.30. The predicted molar refractivity (Wildman–Crippen MR) is 162 cm³/mol. The van der Waals surface area contributed by atoms with Crippen molar-refractivity contribution in [3.8, 4) is 39.1 Å². The second kappa shape index (κ2) is 9.37. The number of fused-ring (bicyclic) bond motifs is 3. The van der Waals surface area contributed by atoms with Gasteiger partial charge in [-0.05, 0) is 58.1 Å². The first-order valence-corrected chi connectivity index (χ1v) is 13.2. The minimum absolute atomic E-state index is 0.746. The van der Waals surface area contributed by atoms with Crippen molar-refractivity contribution in [1.29, 1.82) is 0 Å². The van der Waals surface area contributed by atoms with Crippen LogP contribution in [0.25, 0.3) is 60.9 Å². The molecule has 0 amide bonds. The second-order valence-electron chi connectivity index (χ2n) is 9.52. The molecule has 0 spiro atoms. The van der Waals surface area contributed by atoms with E-state index in [9.17, 15) is 0 Å². The van der Waals surface area contributed by atoms with E-state index < -0.39 is 0 Å². The fourth-order valence-electron chi connectivity index (χ4n) is 5.53. The first kappa shape index (κ1) is 22.6. The highest BCUT2D eigenvalue weighted by Gasteiger charge is 2.18. The van der Waals surface area contributed by atoms with E-state index in [1.807, 2.05) is 12.1 Å². The largest absolute Gasteiger partial charge is 0.309 e. The Hall–Kier alpha value is -4.59. The van der Waals surface area contributed by atoms with Crippen LogP contribution >= 0.6 is 11.6 Å². The summed E-state index contributed by atoms with van der Waals surface area (Å²) in [7, 11) is 0. The zero-order chi connectivity index (χ0) is 25.5. The Morgan fingerprint density at radius 2 is 0.947 bits per heavy atom. The topological polar surface area (TPSA) is 4.93 Å². The van der Waals surface area contributed by atoms with E-state index in [1.165, 1.54) is 55.3 Å². The number of halogens is 1. The van der Waals surface area contributed by atoms with E-state index >= 15 is 0 Å². The summed E-state index contributed by atoms with van der Waals surface area (Å²) in [4.78, 5) is 0. The zero-order valence-electron chi connectivity index (χ0n) is 20.7. The Morgan fingerprint density at radius 1 is 0.395 bits per heavy atom. The van der Waals surface area contributed by atoms with Gasteiger partial charge in [-0.3, -0.25) is 0 Å². The molecule has 0 bridgehead atoms. The summed E-state index contributed by atoms with van der Waals surface area (Å²) in [5, 5.41) is 3.23. The first-order valence-electron chi connectivity index (χ1n) is 12.8. The average Bonchev–Trinajstić information content (AvgIpc) is 3.33. The van der Waals surface area contributed by atoms with Crippen LogP contribution in [0.5, 0.6) is 0 Å². The molecule has 1 aromatic heterocycles. The summed E-state index contributed by atoms with van der Waals surface area (Å²) in [6, 6.07) is 51.5. The van der Waals surface area contributed by atoms with Crippen molar-refractivity contribution in [3.63, 3.8) is 0 Å². The molecule has 0 N–H and O–H groups in total. The smallest absolute Gasteiger partial charge is 0.0547 e. The molecule has 180 valence electrons. The zero-order valence-corrected chi connectivity index (χ0v) is 21.4. The molecule has 38 heavy (non-hydrogen) atoms. The molecule has 1 nitrogen and oxygen atoms in total. The fraction of sp³-hybridized carbons (Fsp3) is 0. The van der Waals surface area contributed by atoms with Crippen LogP contribution in [-0.2, 0) is 0 Å². The Labute approximate surface area is 227 Å². The maximum Gasteiger partial charge on any atom is 0.0547 e. The fourth-order valence-corrected chi connectivity index (χ4v) is 5.66. The molecule has 0 atom stereocenters. The molecule has 0 aliphatic rings. The number of hydrogen-bond acceptors (Lipinski definition) is 0. The Kier molecular flexibility index (Phi) is 5.57. The van der Waals surface area contributed by atoms with Crippen LogP contribution in [-0.4, -0.2) is 4.57 Å². The van der Waals surface area contributed by atoms with E-state index in [-0.39, 0.29) is 0 Å². The van der Waals surface area contributed by atoms with E-state index in [4.69, 9.17) is 11.6 Å². The van der Waals surface area contributed by atoms with Gasteiger partial charge < -0.3 is 4.57 Å². The summed E-state index contributed by atoms with van der Waals surface area (Å²) < 4.78 is 2.41. The number of rotatable bonds is 4. The van der Waals surface area contributed by atoms with Gasteiger partial charge in [0, 0.05) is 21.4 Å². The lowest BCUT2D eigenvalue weighted by Gasteiger charge is -2.15. The van der Waals surface area contributed by atoms with Crippen molar-refractivity contribution < 1.29 is 0 Å². The molecule has 0 saturated heterocycles. The van der Waals surface area contributed by atoms with Crippen LogP contribution in [0.4, 0.5) is 0 Å². The van der Waals surface area contributed by atoms with Gasteiger partial charge in [0.25, 0.3) is 0 Å². The molecule has 1 heterocycles. The van der Waals surface area contributed by atoms with Gasteiger partial charge in [0.15, 0.2) is 0 Å². The molecule has 6 aromatic carbocycles. The molecular weight excluding hydrogens is 482 g/mol. The van der Waals surface area contributed by atoms with E-state index in [1.54, 1.807) is 0 Å². The molecule has 0 aliphatic carbocycles. The predicted octanol–water partition coefficient (Wildman–Crippen LogP) is 10.4. The highest BCUT2D eigenvalue weighted by atomic mass is 35.5. The van der Waals surface area contributed by atoms with Crippen molar-refractivity contribution in [3.05, 3.63) is 151 Å². The highest BCUT2D eigenvalue weighted by Crippen LogP contribution is 2.40. The summed E-state index contributed by atoms with van der Waals surface area (Å²) in [6.45, 7) is 0. The normalized spacial score (nSPS) is 11.3. The molecule has 0 radical (unpaired) electrons. The maximum atomic E-state index is 6.21. The summed E-state index contributed by atoms with van der Waals surface area (Å²) in [5.74, 6) is 0. The molecule has 0 fully saturated rings. The number of benzene rings is 6. The van der Waals surface area contributed by atoms with Gasteiger partial charge in [-0.2, -0.15) is 0 Å². The third-order valence-electron chi connectivity index (χ3n) is 7.30. The van der Waals surface area contributed by atoms with Crippen LogP contribution in [0.2, 0.25) is 5.02 Å². The van der Waals surface area contributed by atoms with Crippen LogP contribution in [0.15, 0.2) is 146 Å². The van der Waals surface area contributed by atoms with Crippen LogP contribution in [0, 0.1) is 0 Å². The van der Waals surface area contributed by atoms with Gasteiger partial charge in [-0.25, -0.2) is 0 Å². The number of hydrogen-bond donors (Lipinski definition) is 0. The van der Waals surface area contributed by atoms with Gasteiger partial charge in [-0.15, -0.1) is 0 Å². The molecule has 2 heteroatoms. The van der Waals surface area contributed by atoms with Gasteiger partial charge in [-0.1, -0.05) is 127 Å². The van der Waals surface area contributed by atoms with E-state index in [0.29, 0.717) is 0 Å². The minimum Gasteiger partial charge on any atom is -0.309 e. The van der Waals surface area contributed by atoms with Crippen molar-refractivity contribution in [2.75, 3.05) is 0 Å². The Bertz CT molecular complexity index is 1900.